The van der Waals surface area contributed by atoms with Crippen LogP contribution in [0.1, 0.15) is 36.4 Å². The quantitative estimate of drug-likeness (QED) is 0.110. The normalized spacial score (nSPS) is 25.3. The Kier molecular flexibility index (Phi) is 12.2. The number of halogens is 2. The van der Waals surface area contributed by atoms with E-state index in [0.717, 1.165) is 5.56 Å². The van der Waals surface area contributed by atoms with E-state index < -0.39 is 72.0 Å². The van der Waals surface area contributed by atoms with E-state index in [1.54, 1.807) is 36.4 Å². The van der Waals surface area contributed by atoms with Gasteiger partial charge in [-0.1, -0.05) is 100 Å². The van der Waals surface area contributed by atoms with Crippen LogP contribution in [-0.2, 0) is 35.1 Å². The molecule has 0 aliphatic carbocycles. The minimum Gasteiger partial charge on any atom is -0.463 e. The largest absolute Gasteiger partial charge is 0.463 e. The molecule has 3 amide bonds. The average molecular weight is 805 g/mol. The number of anilines is 1. The Balaban J connectivity index is 1.38. The number of benzene rings is 3. The van der Waals surface area contributed by atoms with Gasteiger partial charge in [0.15, 0.2) is 0 Å². The topological polar surface area (TPSA) is 125 Å². The molecule has 278 valence electrons. The number of likely N-dealkylation sites (tertiary alicyclic amines) is 1. The van der Waals surface area contributed by atoms with Gasteiger partial charge in [-0.2, -0.15) is 0 Å². The van der Waals surface area contributed by atoms with E-state index >= 15 is 4.79 Å². The van der Waals surface area contributed by atoms with Crippen molar-refractivity contribution < 1.29 is 33.8 Å². The lowest BCUT2D eigenvalue weighted by Gasteiger charge is -2.39. The van der Waals surface area contributed by atoms with Gasteiger partial charge in [-0.25, -0.2) is 0 Å². The number of nitrogens with one attached hydrogen (secondary N) is 1. The molecule has 10 nitrogen and oxygen atoms in total. The molecule has 3 heterocycles. The highest BCUT2D eigenvalue weighted by Gasteiger charge is 2.77. The monoisotopic (exact) mass is 803 g/mol. The molecule has 3 aliphatic rings. The van der Waals surface area contributed by atoms with Gasteiger partial charge in [0, 0.05) is 28.5 Å². The van der Waals surface area contributed by atoms with Crippen molar-refractivity contribution in [1.82, 2.24) is 10.2 Å². The minimum absolute atomic E-state index is 0.123. The zero-order valence-electron chi connectivity index (χ0n) is 29.2. The van der Waals surface area contributed by atoms with E-state index in [-0.39, 0.29) is 37.2 Å². The maximum Gasteiger partial charge on any atom is 0.306 e. The molecule has 53 heavy (non-hydrogen) atoms. The molecule has 3 aromatic rings. The summed E-state index contributed by atoms with van der Waals surface area (Å²) in [6.45, 7) is 7.10. The number of nitrogens with zero attached hydrogens (tertiary/aromatic N) is 2. The number of rotatable bonds is 16. The molecule has 2 bridgehead atoms. The zero-order valence-corrected chi connectivity index (χ0v) is 31.5. The summed E-state index contributed by atoms with van der Waals surface area (Å²) in [4.78, 5) is 59.7. The van der Waals surface area contributed by atoms with Crippen LogP contribution in [0.4, 0.5) is 5.69 Å². The summed E-state index contributed by atoms with van der Waals surface area (Å²) in [5.41, 5.74) is 0.725. The number of carbonyl (C=O) groups excluding carboxylic acids is 4. The number of ether oxygens (including phenoxy) is 2. The van der Waals surface area contributed by atoms with E-state index in [9.17, 15) is 19.5 Å². The summed E-state index contributed by atoms with van der Waals surface area (Å²) in [5.74, 6) is -3.80. The molecular formula is C41H43BrClN3O7. The molecule has 3 saturated heterocycles. The smallest absolute Gasteiger partial charge is 0.306 e. The number of alkyl halides is 1. The fourth-order valence-electron chi connectivity index (χ4n) is 8.04. The summed E-state index contributed by atoms with van der Waals surface area (Å²) in [6.07, 6.45) is 3.65. The van der Waals surface area contributed by atoms with Gasteiger partial charge in [0.1, 0.15) is 18.2 Å². The van der Waals surface area contributed by atoms with Gasteiger partial charge in [-0.3, -0.25) is 19.2 Å². The van der Waals surface area contributed by atoms with Gasteiger partial charge >= 0.3 is 5.97 Å². The number of carbonyl (C=O) groups is 4. The summed E-state index contributed by atoms with van der Waals surface area (Å²) < 4.78 is 12.4. The van der Waals surface area contributed by atoms with Crippen molar-refractivity contribution in [2.24, 2.45) is 11.8 Å². The Bertz CT molecular complexity index is 1810. The Morgan fingerprint density at radius 2 is 1.74 bits per heavy atom. The van der Waals surface area contributed by atoms with E-state index in [4.69, 9.17) is 21.1 Å². The first-order chi connectivity index (χ1) is 25.6. The van der Waals surface area contributed by atoms with Crippen molar-refractivity contribution in [3.8, 4) is 0 Å². The van der Waals surface area contributed by atoms with Crippen LogP contribution >= 0.6 is 27.5 Å². The predicted molar refractivity (Wildman–Crippen MR) is 205 cm³/mol. The van der Waals surface area contributed by atoms with Crippen molar-refractivity contribution in [2.75, 3.05) is 24.7 Å². The van der Waals surface area contributed by atoms with Crippen LogP contribution in [-0.4, -0.2) is 82.1 Å². The summed E-state index contributed by atoms with van der Waals surface area (Å²) in [5, 5.41) is 14.4. The Hall–Kier alpha value is -4.29. The Morgan fingerprint density at radius 3 is 2.38 bits per heavy atom. The van der Waals surface area contributed by atoms with Gasteiger partial charge in [0.05, 0.1) is 36.6 Å². The number of esters is 1. The van der Waals surface area contributed by atoms with Crippen LogP contribution in [0, 0.1) is 11.8 Å². The number of hydrogen-bond acceptors (Lipinski definition) is 7. The molecule has 12 heteroatoms. The first-order valence-corrected chi connectivity index (χ1v) is 19.0. The van der Waals surface area contributed by atoms with Crippen LogP contribution in [0.5, 0.6) is 0 Å². The first kappa shape index (κ1) is 38.4. The van der Waals surface area contributed by atoms with Crippen molar-refractivity contribution in [2.45, 2.75) is 60.3 Å². The second-order valence-electron chi connectivity index (χ2n) is 13.6. The van der Waals surface area contributed by atoms with Crippen LogP contribution in [0.15, 0.2) is 110 Å². The molecule has 3 aliphatic heterocycles. The van der Waals surface area contributed by atoms with Gasteiger partial charge in [-0.15, -0.1) is 13.2 Å². The molecular weight excluding hydrogens is 762 g/mol. The van der Waals surface area contributed by atoms with Crippen LogP contribution < -0.4 is 10.2 Å². The number of hydrogen-bond donors (Lipinski definition) is 2. The fourth-order valence-corrected chi connectivity index (χ4v) is 9.11. The molecule has 1 unspecified atom stereocenters. The zero-order chi connectivity index (χ0) is 37.7. The molecule has 1 spiro atoms. The highest BCUT2D eigenvalue weighted by Crippen LogP contribution is 2.60. The lowest BCUT2D eigenvalue weighted by molar-refractivity contribution is -0.146. The summed E-state index contributed by atoms with van der Waals surface area (Å²) in [6, 6.07) is 22.7. The molecule has 2 N–H and O–H groups in total. The first-order valence-electron chi connectivity index (χ1n) is 17.7. The van der Waals surface area contributed by atoms with E-state index in [1.165, 1.54) is 9.80 Å². The molecule has 0 aromatic heterocycles. The highest BCUT2D eigenvalue weighted by atomic mass is 79.9. The SMILES string of the molecule is C=CCCC(=O)OC[C@H](NC(=O)[C@H]1[C@@H]2O[C@@]3(CC2Br)[C@@H]1C(=O)N([C@@H](CO)Cc1ccccc1)[C@@H]3C(=O)N(CC=C)c1ccc(Cl)cc1)c1ccccc1. The van der Waals surface area contributed by atoms with Crippen molar-refractivity contribution in [1.29, 1.82) is 0 Å². The lowest BCUT2D eigenvalue weighted by Crippen LogP contribution is -2.59. The van der Waals surface area contributed by atoms with E-state index in [0.29, 0.717) is 22.7 Å². The molecule has 0 radical (unpaired) electrons. The molecule has 8 atom stereocenters. The van der Waals surface area contributed by atoms with Gasteiger partial charge in [0.25, 0.3) is 5.91 Å². The third kappa shape index (κ3) is 7.71. The maximum absolute atomic E-state index is 15.1. The lowest BCUT2D eigenvalue weighted by atomic mass is 9.70. The number of aliphatic hydroxyl groups excluding tert-OH is 1. The molecule has 3 aromatic carbocycles. The maximum atomic E-state index is 15.1. The summed E-state index contributed by atoms with van der Waals surface area (Å²) >= 11 is 9.95. The number of aliphatic hydroxyl groups is 1. The van der Waals surface area contributed by atoms with E-state index in [2.05, 4.69) is 34.4 Å². The number of fused-ring (bicyclic) bond motifs is 1. The third-order valence-electron chi connectivity index (χ3n) is 10.4. The van der Waals surface area contributed by atoms with Gasteiger partial charge in [-0.05, 0) is 54.7 Å². The standard InChI is InChI=1S/C41H43BrClN3O7/c1-3-5-16-33(48)52-25-32(27-14-10-7-11-15-27)44-38(49)34-35-39(50)46(30(24-47)22-26-12-8-6-9-13-26)37(41(35)23-31(42)36(34)53-41)40(51)45(21-4-2)29-19-17-28(43)18-20-29/h3-4,6-15,17-20,30-32,34-37,47H,1-2,5,16,21-25H2,(H,44,49)/t30-,31?,32+,34-,35+,36-,37-,41+/m1/s1. The predicted octanol–water partition coefficient (Wildman–Crippen LogP) is 5.58. The number of amides is 3. The number of allylic oxidation sites excluding steroid dienone is 1. The second-order valence-corrected chi connectivity index (χ2v) is 15.2. The minimum atomic E-state index is -1.40. The third-order valence-corrected chi connectivity index (χ3v) is 11.5. The highest BCUT2D eigenvalue weighted by molar-refractivity contribution is 9.09. The molecule has 3 fully saturated rings. The Labute approximate surface area is 322 Å². The summed E-state index contributed by atoms with van der Waals surface area (Å²) in [7, 11) is 0. The Morgan fingerprint density at radius 1 is 1.06 bits per heavy atom. The van der Waals surface area contributed by atoms with Gasteiger partial charge in [0.2, 0.25) is 11.8 Å². The second kappa shape index (κ2) is 16.8. The van der Waals surface area contributed by atoms with Crippen LogP contribution in [0.3, 0.4) is 0 Å². The van der Waals surface area contributed by atoms with E-state index in [1.807, 2.05) is 60.7 Å². The van der Waals surface area contributed by atoms with Crippen LogP contribution in [0.2, 0.25) is 5.02 Å². The van der Waals surface area contributed by atoms with Crippen molar-refractivity contribution in [3.05, 3.63) is 126 Å². The van der Waals surface area contributed by atoms with Crippen molar-refractivity contribution in [3.63, 3.8) is 0 Å². The fraction of sp³-hybridized carbons (Fsp3) is 0.366. The van der Waals surface area contributed by atoms with Gasteiger partial charge < -0.3 is 29.7 Å². The van der Waals surface area contributed by atoms with Crippen LogP contribution in [0.25, 0.3) is 0 Å². The average Bonchev–Trinajstić information content (AvgIpc) is 3.77. The molecule has 0 saturated carbocycles. The van der Waals surface area contributed by atoms with Crippen molar-refractivity contribution >= 4 is 56.9 Å². The molecule has 6 rings (SSSR count).